The molecule has 1 saturated carbocycles. The molecule has 0 spiro atoms. The maximum absolute atomic E-state index is 5.80. The Bertz CT molecular complexity index is 284. The normalized spacial score (nSPS) is 27.2. The van der Waals surface area contributed by atoms with Gasteiger partial charge in [0.2, 0.25) is 0 Å². The van der Waals surface area contributed by atoms with Crippen LogP contribution in [0.3, 0.4) is 0 Å². The fraction of sp³-hybridized carbons (Fsp3) is 0.455. The number of aryl methyl sites for hydroxylation is 2. The standard InChI is InChI=1S/C11H15N/c1-7-3-8(2)5-9(4-7)10-6-11(10)12/h3-5,10-11H,6,12H2,1-2H3/t10-,11+/m1/s1. The van der Waals surface area contributed by atoms with Crippen LogP contribution in [0.1, 0.15) is 29.0 Å². The SMILES string of the molecule is Cc1cc(C)cc([C@H]2C[C@@H]2N)c1. The molecule has 0 radical (unpaired) electrons. The highest BCUT2D eigenvalue weighted by Gasteiger charge is 2.34. The molecule has 0 aromatic heterocycles. The van der Waals surface area contributed by atoms with E-state index >= 15 is 0 Å². The zero-order chi connectivity index (χ0) is 8.72. The lowest BCUT2D eigenvalue weighted by Crippen LogP contribution is -2.01. The Kier molecular flexibility index (Phi) is 1.69. The fourth-order valence-corrected chi connectivity index (χ4v) is 1.82. The van der Waals surface area contributed by atoms with Crippen molar-refractivity contribution in [3.05, 3.63) is 34.9 Å². The van der Waals surface area contributed by atoms with Gasteiger partial charge in [0.1, 0.15) is 0 Å². The van der Waals surface area contributed by atoms with Gasteiger partial charge in [0.25, 0.3) is 0 Å². The summed E-state index contributed by atoms with van der Waals surface area (Å²) < 4.78 is 0. The van der Waals surface area contributed by atoms with E-state index in [1.54, 1.807) is 0 Å². The number of benzene rings is 1. The quantitative estimate of drug-likeness (QED) is 0.670. The summed E-state index contributed by atoms with van der Waals surface area (Å²) in [5, 5.41) is 0. The van der Waals surface area contributed by atoms with Crippen molar-refractivity contribution < 1.29 is 0 Å². The predicted octanol–water partition coefficient (Wildman–Crippen LogP) is 2.12. The summed E-state index contributed by atoms with van der Waals surface area (Å²) >= 11 is 0. The largest absolute Gasteiger partial charge is 0.327 e. The Morgan fingerprint density at radius 3 is 2.08 bits per heavy atom. The van der Waals surface area contributed by atoms with Crippen LogP contribution in [-0.2, 0) is 0 Å². The van der Waals surface area contributed by atoms with Gasteiger partial charge >= 0.3 is 0 Å². The van der Waals surface area contributed by atoms with Gasteiger partial charge in [0.05, 0.1) is 0 Å². The Hall–Kier alpha value is -0.820. The summed E-state index contributed by atoms with van der Waals surface area (Å²) in [5.41, 5.74) is 9.93. The van der Waals surface area contributed by atoms with E-state index in [0.717, 1.165) is 0 Å². The van der Waals surface area contributed by atoms with Gasteiger partial charge in [-0.25, -0.2) is 0 Å². The van der Waals surface area contributed by atoms with Crippen LogP contribution in [0, 0.1) is 13.8 Å². The third kappa shape index (κ3) is 1.37. The number of hydrogen-bond donors (Lipinski definition) is 1. The van der Waals surface area contributed by atoms with Crippen molar-refractivity contribution in [1.29, 1.82) is 0 Å². The molecule has 2 N–H and O–H groups in total. The summed E-state index contributed by atoms with van der Waals surface area (Å²) in [6, 6.07) is 7.14. The minimum atomic E-state index is 0.422. The minimum Gasteiger partial charge on any atom is -0.327 e. The van der Waals surface area contributed by atoms with Crippen LogP contribution in [0.15, 0.2) is 18.2 Å². The van der Waals surface area contributed by atoms with Crippen LogP contribution >= 0.6 is 0 Å². The van der Waals surface area contributed by atoms with E-state index < -0.39 is 0 Å². The van der Waals surface area contributed by atoms with Crippen molar-refractivity contribution >= 4 is 0 Å². The molecule has 1 aliphatic rings. The third-order valence-corrected chi connectivity index (χ3v) is 2.51. The van der Waals surface area contributed by atoms with Gasteiger partial charge in [0, 0.05) is 12.0 Å². The van der Waals surface area contributed by atoms with Crippen molar-refractivity contribution in [3.8, 4) is 0 Å². The summed E-state index contributed by atoms with van der Waals surface area (Å²) in [7, 11) is 0. The highest BCUT2D eigenvalue weighted by Crippen LogP contribution is 2.39. The maximum atomic E-state index is 5.80. The van der Waals surface area contributed by atoms with Gasteiger partial charge in [-0.2, -0.15) is 0 Å². The zero-order valence-corrected chi connectivity index (χ0v) is 7.67. The van der Waals surface area contributed by atoms with Crippen molar-refractivity contribution in [2.24, 2.45) is 5.73 Å². The third-order valence-electron chi connectivity index (χ3n) is 2.51. The first-order valence-electron chi connectivity index (χ1n) is 4.50. The van der Waals surface area contributed by atoms with Crippen molar-refractivity contribution in [2.75, 3.05) is 0 Å². The molecule has 1 heteroatoms. The average Bonchev–Trinajstić information content (AvgIpc) is 2.64. The predicted molar refractivity (Wildman–Crippen MR) is 51.2 cm³/mol. The summed E-state index contributed by atoms with van der Waals surface area (Å²) in [5.74, 6) is 0.642. The molecule has 0 saturated heterocycles. The molecule has 1 aromatic carbocycles. The van der Waals surface area contributed by atoms with Gasteiger partial charge in [-0.3, -0.25) is 0 Å². The van der Waals surface area contributed by atoms with Crippen LogP contribution in [0.2, 0.25) is 0 Å². The van der Waals surface area contributed by atoms with E-state index in [1.807, 2.05) is 0 Å². The molecule has 64 valence electrons. The van der Waals surface area contributed by atoms with Gasteiger partial charge in [0.15, 0.2) is 0 Å². The molecule has 0 aliphatic heterocycles. The van der Waals surface area contributed by atoms with E-state index in [4.69, 9.17) is 5.73 Å². The van der Waals surface area contributed by atoms with E-state index in [1.165, 1.54) is 23.1 Å². The Balaban J connectivity index is 2.32. The van der Waals surface area contributed by atoms with Gasteiger partial charge < -0.3 is 5.73 Å². The average molecular weight is 161 g/mol. The second-order valence-corrected chi connectivity index (χ2v) is 3.93. The van der Waals surface area contributed by atoms with Gasteiger partial charge in [-0.1, -0.05) is 29.3 Å². The van der Waals surface area contributed by atoms with Crippen molar-refractivity contribution in [1.82, 2.24) is 0 Å². The molecule has 0 heterocycles. The molecule has 0 amide bonds. The number of hydrogen-bond acceptors (Lipinski definition) is 1. The van der Waals surface area contributed by atoms with E-state index in [-0.39, 0.29) is 0 Å². The Morgan fingerprint density at radius 1 is 1.17 bits per heavy atom. The molecule has 12 heavy (non-hydrogen) atoms. The molecule has 2 atom stereocenters. The fourth-order valence-electron chi connectivity index (χ4n) is 1.82. The van der Waals surface area contributed by atoms with Crippen LogP contribution in [0.5, 0.6) is 0 Å². The first kappa shape index (κ1) is 7.81. The maximum Gasteiger partial charge on any atom is 0.0115 e. The molecule has 0 unspecified atom stereocenters. The molecule has 1 aromatic rings. The highest BCUT2D eigenvalue weighted by atomic mass is 14.7. The topological polar surface area (TPSA) is 26.0 Å². The molecular weight excluding hydrogens is 146 g/mol. The summed E-state index contributed by atoms with van der Waals surface area (Å²) in [6.45, 7) is 4.29. The molecule has 1 fully saturated rings. The van der Waals surface area contributed by atoms with Crippen molar-refractivity contribution in [2.45, 2.75) is 32.2 Å². The lowest BCUT2D eigenvalue weighted by atomic mass is 10.0. The zero-order valence-electron chi connectivity index (χ0n) is 7.67. The minimum absolute atomic E-state index is 0.422. The number of nitrogens with two attached hydrogens (primary N) is 1. The highest BCUT2D eigenvalue weighted by molar-refractivity contribution is 5.35. The van der Waals surface area contributed by atoms with Gasteiger partial charge in [-0.05, 0) is 25.8 Å². The molecular formula is C11H15N. The van der Waals surface area contributed by atoms with Crippen LogP contribution < -0.4 is 5.73 Å². The Morgan fingerprint density at radius 2 is 1.67 bits per heavy atom. The first-order chi connectivity index (χ1) is 5.66. The van der Waals surface area contributed by atoms with Crippen LogP contribution in [-0.4, -0.2) is 6.04 Å². The van der Waals surface area contributed by atoms with Crippen LogP contribution in [0.4, 0.5) is 0 Å². The number of rotatable bonds is 1. The second kappa shape index (κ2) is 2.60. The monoisotopic (exact) mass is 161 g/mol. The summed E-state index contributed by atoms with van der Waals surface area (Å²) in [6.07, 6.45) is 1.17. The van der Waals surface area contributed by atoms with Crippen LogP contribution in [0.25, 0.3) is 0 Å². The molecule has 0 bridgehead atoms. The molecule has 1 nitrogen and oxygen atoms in total. The van der Waals surface area contributed by atoms with E-state index in [9.17, 15) is 0 Å². The lowest BCUT2D eigenvalue weighted by molar-refractivity contribution is 0.986. The van der Waals surface area contributed by atoms with Gasteiger partial charge in [-0.15, -0.1) is 0 Å². The second-order valence-electron chi connectivity index (χ2n) is 3.93. The molecule has 2 rings (SSSR count). The van der Waals surface area contributed by atoms with Crippen molar-refractivity contribution in [3.63, 3.8) is 0 Å². The van der Waals surface area contributed by atoms with E-state index in [0.29, 0.717) is 12.0 Å². The summed E-state index contributed by atoms with van der Waals surface area (Å²) in [4.78, 5) is 0. The Labute approximate surface area is 73.6 Å². The first-order valence-corrected chi connectivity index (χ1v) is 4.50. The van der Waals surface area contributed by atoms with E-state index in [2.05, 4.69) is 32.0 Å². The molecule has 1 aliphatic carbocycles. The smallest absolute Gasteiger partial charge is 0.0115 e. The lowest BCUT2D eigenvalue weighted by Gasteiger charge is -2.02.